The van der Waals surface area contributed by atoms with E-state index in [1.54, 1.807) is 0 Å². The maximum absolute atomic E-state index is 3.55. The van der Waals surface area contributed by atoms with Gasteiger partial charge in [0.25, 0.3) is 0 Å². The number of hydrogen-bond donors (Lipinski definition) is 1. The predicted octanol–water partition coefficient (Wildman–Crippen LogP) is 1.98. The molecule has 0 aromatic carbocycles. The molecular formula is C9H19NS. The van der Waals surface area contributed by atoms with E-state index in [-0.39, 0.29) is 0 Å². The lowest BCUT2D eigenvalue weighted by Crippen LogP contribution is -2.43. The molecule has 0 aromatic rings. The van der Waals surface area contributed by atoms with Gasteiger partial charge in [0.1, 0.15) is 0 Å². The quantitative estimate of drug-likeness (QED) is 0.685. The first-order valence-electron chi connectivity index (χ1n) is 4.46. The second-order valence-corrected chi connectivity index (χ2v) is 4.66. The fourth-order valence-electron chi connectivity index (χ4n) is 1.78. The van der Waals surface area contributed by atoms with Gasteiger partial charge in [-0.25, -0.2) is 0 Å². The molecule has 0 radical (unpaired) electrons. The maximum Gasteiger partial charge on any atom is 0.00750 e. The van der Waals surface area contributed by atoms with E-state index in [2.05, 4.69) is 25.4 Å². The van der Waals surface area contributed by atoms with Crippen LogP contribution in [0.25, 0.3) is 0 Å². The highest BCUT2D eigenvalue weighted by molar-refractivity contribution is 7.98. The highest BCUT2D eigenvalue weighted by atomic mass is 32.2. The summed E-state index contributed by atoms with van der Waals surface area (Å²) < 4.78 is 0. The monoisotopic (exact) mass is 173 g/mol. The van der Waals surface area contributed by atoms with Crippen molar-refractivity contribution < 1.29 is 0 Å². The Hall–Kier alpha value is 0.310. The minimum atomic E-state index is 0.735. The van der Waals surface area contributed by atoms with E-state index in [0.717, 1.165) is 17.9 Å². The molecule has 2 heteroatoms. The smallest absolute Gasteiger partial charge is 0.00750 e. The molecule has 0 aliphatic carbocycles. The first kappa shape index (κ1) is 9.40. The Morgan fingerprint density at radius 2 is 2.18 bits per heavy atom. The van der Waals surface area contributed by atoms with Gasteiger partial charge in [-0.05, 0) is 43.7 Å². The summed E-state index contributed by atoms with van der Waals surface area (Å²) in [6.45, 7) is 5.87. The summed E-state index contributed by atoms with van der Waals surface area (Å²) in [5.74, 6) is 3.09. The Labute approximate surface area is 74.3 Å². The van der Waals surface area contributed by atoms with E-state index in [0.29, 0.717) is 0 Å². The van der Waals surface area contributed by atoms with E-state index in [9.17, 15) is 0 Å². The molecule has 3 unspecified atom stereocenters. The van der Waals surface area contributed by atoms with Crippen molar-refractivity contribution in [2.24, 2.45) is 11.8 Å². The topological polar surface area (TPSA) is 12.0 Å². The predicted molar refractivity (Wildman–Crippen MR) is 53.1 cm³/mol. The van der Waals surface area contributed by atoms with Crippen molar-refractivity contribution in [1.82, 2.24) is 5.32 Å². The van der Waals surface area contributed by atoms with Crippen molar-refractivity contribution in [3.8, 4) is 0 Å². The first-order valence-corrected chi connectivity index (χ1v) is 5.85. The lowest BCUT2D eigenvalue weighted by molar-refractivity contribution is 0.261. The largest absolute Gasteiger partial charge is 0.314 e. The number of piperidine rings is 1. The molecule has 0 amide bonds. The van der Waals surface area contributed by atoms with Crippen molar-refractivity contribution in [1.29, 1.82) is 0 Å². The molecule has 3 atom stereocenters. The third-order valence-corrected chi connectivity index (χ3v) is 3.34. The molecule has 0 aromatic heterocycles. The molecule has 1 N–H and O–H groups in total. The molecular weight excluding hydrogens is 154 g/mol. The summed E-state index contributed by atoms with van der Waals surface area (Å²) >= 11 is 1.97. The van der Waals surface area contributed by atoms with E-state index in [4.69, 9.17) is 0 Å². The van der Waals surface area contributed by atoms with Crippen molar-refractivity contribution in [3.05, 3.63) is 0 Å². The Morgan fingerprint density at radius 3 is 2.82 bits per heavy atom. The van der Waals surface area contributed by atoms with Crippen LogP contribution in [0.4, 0.5) is 0 Å². The molecule has 0 spiro atoms. The molecule has 1 aliphatic heterocycles. The zero-order chi connectivity index (χ0) is 8.27. The number of nitrogens with one attached hydrogen (secondary N) is 1. The average Bonchev–Trinajstić information content (AvgIpc) is 1.98. The highest BCUT2D eigenvalue weighted by Crippen LogP contribution is 2.23. The van der Waals surface area contributed by atoms with Gasteiger partial charge in [0.05, 0.1) is 0 Å². The van der Waals surface area contributed by atoms with E-state index in [1.807, 2.05) is 11.8 Å². The second kappa shape index (κ2) is 4.36. The first-order chi connectivity index (χ1) is 5.24. The van der Waals surface area contributed by atoms with Crippen molar-refractivity contribution in [2.45, 2.75) is 26.3 Å². The summed E-state index contributed by atoms with van der Waals surface area (Å²) in [4.78, 5) is 0. The summed E-state index contributed by atoms with van der Waals surface area (Å²) in [7, 11) is 0. The van der Waals surface area contributed by atoms with E-state index >= 15 is 0 Å². The molecule has 1 aliphatic rings. The fraction of sp³-hybridized carbons (Fsp3) is 1.00. The lowest BCUT2D eigenvalue weighted by atomic mass is 9.88. The number of hydrogen-bond acceptors (Lipinski definition) is 2. The average molecular weight is 173 g/mol. The van der Waals surface area contributed by atoms with Crippen LogP contribution in [0.1, 0.15) is 20.3 Å². The molecule has 1 heterocycles. The van der Waals surface area contributed by atoms with Crippen LogP contribution < -0.4 is 5.32 Å². The lowest BCUT2D eigenvalue weighted by Gasteiger charge is -2.33. The molecule has 1 fully saturated rings. The molecule has 11 heavy (non-hydrogen) atoms. The van der Waals surface area contributed by atoms with Crippen LogP contribution in [-0.2, 0) is 0 Å². The second-order valence-electron chi connectivity index (χ2n) is 3.75. The van der Waals surface area contributed by atoms with E-state index < -0.39 is 0 Å². The summed E-state index contributed by atoms with van der Waals surface area (Å²) in [6.07, 6.45) is 3.61. The van der Waals surface area contributed by atoms with Gasteiger partial charge in [0, 0.05) is 6.04 Å². The molecule has 0 saturated carbocycles. The van der Waals surface area contributed by atoms with Crippen LogP contribution in [0.15, 0.2) is 0 Å². The van der Waals surface area contributed by atoms with Gasteiger partial charge in [-0.3, -0.25) is 0 Å². The van der Waals surface area contributed by atoms with E-state index in [1.165, 1.54) is 18.7 Å². The van der Waals surface area contributed by atoms with Gasteiger partial charge in [0.15, 0.2) is 0 Å². The van der Waals surface area contributed by atoms with Crippen LogP contribution in [0.3, 0.4) is 0 Å². The van der Waals surface area contributed by atoms with Gasteiger partial charge >= 0.3 is 0 Å². The Bertz CT molecular complexity index is 116. The Balaban J connectivity index is 2.34. The Kier molecular flexibility index (Phi) is 3.73. The molecule has 66 valence electrons. The standard InChI is InChI=1S/C9H19NS/c1-7-4-9(6-11-3)8(2)10-5-7/h7-10H,4-6H2,1-3H3. The van der Waals surface area contributed by atoms with Gasteiger partial charge in [0.2, 0.25) is 0 Å². The molecule has 1 saturated heterocycles. The molecule has 0 bridgehead atoms. The van der Waals surface area contributed by atoms with Gasteiger partial charge in [-0.15, -0.1) is 0 Å². The minimum Gasteiger partial charge on any atom is -0.314 e. The number of thioether (sulfide) groups is 1. The van der Waals surface area contributed by atoms with Gasteiger partial charge in [-0.2, -0.15) is 11.8 Å². The summed E-state index contributed by atoms with van der Waals surface area (Å²) in [6, 6.07) is 0.735. The number of rotatable bonds is 2. The zero-order valence-electron chi connectivity index (χ0n) is 7.76. The van der Waals surface area contributed by atoms with Crippen molar-refractivity contribution in [2.75, 3.05) is 18.6 Å². The fourth-order valence-corrected chi connectivity index (χ4v) is 2.64. The van der Waals surface area contributed by atoms with Crippen molar-refractivity contribution >= 4 is 11.8 Å². The summed E-state index contributed by atoms with van der Waals surface area (Å²) in [5, 5.41) is 3.55. The van der Waals surface area contributed by atoms with Gasteiger partial charge in [-0.1, -0.05) is 6.92 Å². The van der Waals surface area contributed by atoms with Crippen LogP contribution >= 0.6 is 11.8 Å². The zero-order valence-corrected chi connectivity index (χ0v) is 8.58. The SMILES string of the molecule is CSCC1CC(C)CNC1C. The van der Waals surface area contributed by atoms with Crippen LogP contribution in [-0.4, -0.2) is 24.6 Å². The minimum absolute atomic E-state index is 0.735. The third kappa shape index (κ3) is 2.68. The molecule has 1 rings (SSSR count). The normalized spacial score (nSPS) is 39.0. The van der Waals surface area contributed by atoms with Crippen LogP contribution in [0.5, 0.6) is 0 Å². The highest BCUT2D eigenvalue weighted by Gasteiger charge is 2.23. The van der Waals surface area contributed by atoms with Gasteiger partial charge < -0.3 is 5.32 Å². The maximum atomic E-state index is 3.55. The Morgan fingerprint density at radius 1 is 1.45 bits per heavy atom. The third-order valence-electron chi connectivity index (χ3n) is 2.58. The van der Waals surface area contributed by atoms with Crippen molar-refractivity contribution in [3.63, 3.8) is 0 Å². The van der Waals surface area contributed by atoms with Crippen LogP contribution in [0.2, 0.25) is 0 Å². The van der Waals surface area contributed by atoms with Crippen LogP contribution in [0, 0.1) is 11.8 Å². The summed E-state index contributed by atoms with van der Waals surface area (Å²) in [5.41, 5.74) is 0. The molecule has 1 nitrogen and oxygen atoms in total.